The number of halogens is 1. The molecule has 0 bridgehead atoms. The number of carbonyl (C=O) groups is 1. The molecule has 136 valence electrons. The first kappa shape index (κ1) is 17.8. The van der Waals surface area contributed by atoms with Crippen LogP contribution < -0.4 is 9.47 Å². The van der Waals surface area contributed by atoms with Crippen LogP contribution in [-0.4, -0.2) is 31.9 Å². The topological polar surface area (TPSA) is 73.5 Å². The third kappa shape index (κ3) is 2.25. The lowest BCUT2D eigenvalue weighted by atomic mass is 9.91. The fourth-order valence-corrected chi connectivity index (χ4v) is 3.62. The molecule has 1 aliphatic rings. The van der Waals surface area contributed by atoms with Gasteiger partial charge in [-0.3, -0.25) is 0 Å². The highest BCUT2D eigenvalue weighted by Crippen LogP contribution is 2.47. The van der Waals surface area contributed by atoms with E-state index in [-0.39, 0.29) is 17.9 Å². The Morgan fingerprint density at radius 2 is 2.00 bits per heavy atom. The van der Waals surface area contributed by atoms with Gasteiger partial charge in [-0.2, -0.15) is 5.26 Å². The van der Waals surface area contributed by atoms with Crippen molar-refractivity contribution in [3.63, 3.8) is 0 Å². The molecule has 0 aliphatic carbocycles. The van der Waals surface area contributed by atoms with Crippen molar-refractivity contribution < 1.29 is 23.4 Å². The predicted octanol–water partition coefficient (Wildman–Crippen LogP) is 3.34. The summed E-state index contributed by atoms with van der Waals surface area (Å²) in [6.07, 6.45) is 0.167. The molecule has 2 aromatic rings. The van der Waals surface area contributed by atoms with Gasteiger partial charge in [-0.15, -0.1) is 0 Å². The minimum absolute atomic E-state index is 0.0176. The zero-order chi connectivity index (χ0) is 19.2. The average molecular weight is 358 g/mol. The third-order valence-corrected chi connectivity index (χ3v) is 4.97. The Morgan fingerprint density at radius 1 is 1.31 bits per heavy atom. The van der Waals surface area contributed by atoms with E-state index in [1.54, 1.807) is 17.6 Å². The van der Waals surface area contributed by atoms with Crippen molar-refractivity contribution >= 4 is 5.97 Å². The zero-order valence-corrected chi connectivity index (χ0v) is 15.3. The third-order valence-electron chi connectivity index (χ3n) is 4.97. The number of nitriles is 1. The standard InChI is InChI=1S/C19H19FN2O4/c1-9-10(2)22-11(8-21)6-12-13(17(22)15(9)19(23)26-5)7-14(24-3)18(25-4)16(12)20/h7,11H,6H2,1-5H3. The Morgan fingerprint density at radius 3 is 2.54 bits per heavy atom. The summed E-state index contributed by atoms with van der Waals surface area (Å²) in [5.74, 6) is -0.909. The van der Waals surface area contributed by atoms with Gasteiger partial charge in [0, 0.05) is 23.2 Å². The molecular formula is C19H19FN2O4. The van der Waals surface area contributed by atoms with Gasteiger partial charge in [0.25, 0.3) is 0 Å². The van der Waals surface area contributed by atoms with E-state index < -0.39 is 17.8 Å². The summed E-state index contributed by atoms with van der Waals surface area (Å²) in [7, 11) is 4.07. The highest BCUT2D eigenvalue weighted by atomic mass is 19.1. The molecule has 0 fully saturated rings. The van der Waals surface area contributed by atoms with Gasteiger partial charge in [0.05, 0.1) is 38.7 Å². The van der Waals surface area contributed by atoms with E-state index >= 15 is 4.39 Å². The van der Waals surface area contributed by atoms with Crippen LogP contribution in [0.15, 0.2) is 6.07 Å². The first-order chi connectivity index (χ1) is 12.4. The van der Waals surface area contributed by atoms with Crippen LogP contribution >= 0.6 is 0 Å². The van der Waals surface area contributed by atoms with Gasteiger partial charge in [0.1, 0.15) is 6.04 Å². The van der Waals surface area contributed by atoms with Gasteiger partial charge in [0.15, 0.2) is 17.3 Å². The molecule has 26 heavy (non-hydrogen) atoms. The van der Waals surface area contributed by atoms with E-state index in [4.69, 9.17) is 14.2 Å². The molecule has 1 unspecified atom stereocenters. The molecule has 1 aliphatic heterocycles. The van der Waals surface area contributed by atoms with E-state index in [0.29, 0.717) is 27.9 Å². The molecule has 0 radical (unpaired) electrons. The van der Waals surface area contributed by atoms with Gasteiger partial charge in [-0.25, -0.2) is 9.18 Å². The normalized spacial score (nSPS) is 14.9. The molecule has 0 saturated heterocycles. The number of ether oxygens (including phenoxy) is 3. The SMILES string of the molecule is COC(=O)c1c(C)c(C)n2c1-c1cc(OC)c(OC)c(F)c1CC2C#N. The number of esters is 1. The number of benzene rings is 1. The van der Waals surface area contributed by atoms with Crippen LogP contribution in [0.1, 0.15) is 33.2 Å². The second kappa shape index (κ2) is 6.37. The summed E-state index contributed by atoms with van der Waals surface area (Å²) in [5.41, 5.74) is 3.10. The number of hydrogen-bond donors (Lipinski definition) is 0. The average Bonchev–Trinajstić information content (AvgIpc) is 2.92. The van der Waals surface area contributed by atoms with Crippen molar-refractivity contribution in [3.05, 3.63) is 34.3 Å². The lowest BCUT2D eigenvalue weighted by molar-refractivity contribution is 0.0600. The van der Waals surface area contributed by atoms with E-state index in [9.17, 15) is 10.1 Å². The van der Waals surface area contributed by atoms with Crippen LogP contribution in [0.5, 0.6) is 11.5 Å². The highest BCUT2D eigenvalue weighted by molar-refractivity contribution is 6.00. The molecule has 7 heteroatoms. The van der Waals surface area contributed by atoms with E-state index in [1.807, 2.05) is 6.92 Å². The summed E-state index contributed by atoms with van der Waals surface area (Å²) < 4.78 is 32.2. The van der Waals surface area contributed by atoms with Gasteiger partial charge >= 0.3 is 5.97 Å². The molecule has 0 saturated carbocycles. The fourth-order valence-electron chi connectivity index (χ4n) is 3.62. The Balaban J connectivity index is 2.46. The van der Waals surface area contributed by atoms with Crippen molar-refractivity contribution in [2.45, 2.75) is 26.3 Å². The molecule has 1 atom stereocenters. The zero-order valence-electron chi connectivity index (χ0n) is 15.3. The first-order valence-electron chi connectivity index (χ1n) is 8.04. The maximum atomic E-state index is 15.1. The van der Waals surface area contributed by atoms with Crippen LogP contribution in [0.2, 0.25) is 0 Å². The maximum absolute atomic E-state index is 15.1. The van der Waals surface area contributed by atoms with Gasteiger partial charge in [-0.05, 0) is 25.5 Å². The van der Waals surface area contributed by atoms with Crippen LogP contribution in [0.25, 0.3) is 11.3 Å². The quantitative estimate of drug-likeness (QED) is 0.787. The number of rotatable bonds is 3. The molecule has 0 N–H and O–H groups in total. The Hall–Kier alpha value is -3.01. The number of hydrogen-bond acceptors (Lipinski definition) is 5. The molecule has 6 nitrogen and oxygen atoms in total. The number of fused-ring (bicyclic) bond motifs is 3. The van der Waals surface area contributed by atoms with Crippen LogP contribution in [-0.2, 0) is 11.2 Å². The molecular weight excluding hydrogens is 339 g/mol. The van der Waals surface area contributed by atoms with Gasteiger partial charge in [0.2, 0.25) is 0 Å². The Labute approximate surface area is 150 Å². The first-order valence-corrected chi connectivity index (χ1v) is 8.04. The van der Waals surface area contributed by atoms with E-state index in [0.717, 1.165) is 5.69 Å². The smallest absolute Gasteiger partial charge is 0.340 e. The number of carbonyl (C=O) groups excluding carboxylic acids is 1. The molecule has 3 rings (SSSR count). The van der Waals surface area contributed by atoms with Crippen molar-refractivity contribution in [1.29, 1.82) is 5.26 Å². The van der Waals surface area contributed by atoms with Crippen molar-refractivity contribution in [3.8, 4) is 28.8 Å². The van der Waals surface area contributed by atoms with Crippen molar-refractivity contribution in [2.24, 2.45) is 0 Å². The summed E-state index contributed by atoms with van der Waals surface area (Å²) in [6, 6.07) is 3.21. The minimum atomic E-state index is -0.637. The second-order valence-corrected chi connectivity index (χ2v) is 6.10. The summed E-state index contributed by atoms with van der Waals surface area (Å²) in [4.78, 5) is 12.4. The van der Waals surface area contributed by atoms with Gasteiger partial charge < -0.3 is 18.8 Å². The van der Waals surface area contributed by atoms with E-state index in [1.165, 1.54) is 21.3 Å². The monoisotopic (exact) mass is 358 g/mol. The van der Waals surface area contributed by atoms with Crippen LogP contribution in [0, 0.1) is 31.0 Å². The minimum Gasteiger partial charge on any atom is -0.493 e. The fraction of sp³-hybridized carbons (Fsp3) is 0.368. The van der Waals surface area contributed by atoms with Crippen molar-refractivity contribution in [1.82, 2.24) is 4.57 Å². The number of nitrogens with zero attached hydrogens (tertiary/aromatic N) is 2. The molecule has 1 aromatic heterocycles. The number of methoxy groups -OCH3 is 3. The Bertz CT molecular complexity index is 956. The predicted molar refractivity (Wildman–Crippen MR) is 92.1 cm³/mol. The van der Waals surface area contributed by atoms with Crippen molar-refractivity contribution in [2.75, 3.05) is 21.3 Å². The van der Waals surface area contributed by atoms with Gasteiger partial charge in [-0.1, -0.05) is 0 Å². The Kier molecular flexibility index (Phi) is 4.36. The van der Waals surface area contributed by atoms with E-state index in [2.05, 4.69) is 6.07 Å². The largest absolute Gasteiger partial charge is 0.493 e. The second-order valence-electron chi connectivity index (χ2n) is 6.10. The molecule has 1 aromatic carbocycles. The lowest BCUT2D eigenvalue weighted by Crippen LogP contribution is -2.21. The molecule has 0 spiro atoms. The summed E-state index contributed by atoms with van der Waals surface area (Å²) >= 11 is 0. The maximum Gasteiger partial charge on any atom is 0.340 e. The van der Waals surface area contributed by atoms with Crippen LogP contribution in [0.3, 0.4) is 0 Å². The highest BCUT2D eigenvalue weighted by Gasteiger charge is 2.36. The summed E-state index contributed by atoms with van der Waals surface area (Å²) in [6.45, 7) is 3.62. The summed E-state index contributed by atoms with van der Waals surface area (Å²) in [5, 5.41) is 9.64. The molecule has 2 heterocycles. The molecule has 0 amide bonds. The number of aromatic nitrogens is 1. The van der Waals surface area contributed by atoms with Crippen LogP contribution in [0.4, 0.5) is 4.39 Å². The lowest BCUT2D eigenvalue weighted by Gasteiger charge is -2.27.